The van der Waals surface area contributed by atoms with Gasteiger partial charge in [0.25, 0.3) is 0 Å². The smallest absolute Gasteiger partial charge is 0.133 e. The van der Waals surface area contributed by atoms with Gasteiger partial charge >= 0.3 is 0 Å². The molecule has 88 valence electrons. The first-order chi connectivity index (χ1) is 8.22. The summed E-state index contributed by atoms with van der Waals surface area (Å²) in [4.78, 5) is 7.55. The highest BCUT2D eigenvalue weighted by atomic mass is 15.0. The van der Waals surface area contributed by atoms with Crippen molar-refractivity contribution in [3.05, 3.63) is 54.0 Å². The van der Waals surface area contributed by atoms with E-state index in [0.717, 1.165) is 29.2 Å². The van der Waals surface area contributed by atoms with E-state index in [2.05, 4.69) is 41.8 Å². The number of anilines is 1. The molecule has 0 amide bonds. The van der Waals surface area contributed by atoms with Crippen LogP contribution in [0.5, 0.6) is 0 Å². The first kappa shape index (κ1) is 11.5. The highest BCUT2D eigenvalue weighted by molar-refractivity contribution is 5.82. The molecule has 2 heterocycles. The minimum Gasteiger partial charge on any atom is -0.370 e. The van der Waals surface area contributed by atoms with Crippen molar-refractivity contribution in [3.8, 4) is 0 Å². The first-order valence-corrected chi connectivity index (χ1v) is 5.76. The van der Waals surface area contributed by atoms with Crippen LogP contribution >= 0.6 is 0 Å². The molecule has 0 aliphatic rings. The maximum Gasteiger partial charge on any atom is 0.133 e. The Balaban J connectivity index is 2.36. The lowest BCUT2D eigenvalue weighted by molar-refractivity contribution is 1.15. The number of aromatic amines is 1. The summed E-state index contributed by atoms with van der Waals surface area (Å²) in [5.41, 5.74) is 4.24. The zero-order valence-corrected chi connectivity index (χ0v) is 10.2. The lowest BCUT2D eigenvalue weighted by atomic mass is 10.1. The lowest BCUT2D eigenvalue weighted by Gasteiger charge is -2.10. The van der Waals surface area contributed by atoms with E-state index >= 15 is 0 Å². The monoisotopic (exact) mass is 227 g/mol. The maximum absolute atomic E-state index is 4.34. The molecule has 0 fully saturated rings. The zero-order valence-electron chi connectivity index (χ0n) is 10.2. The molecule has 0 radical (unpaired) electrons. The Hall–Kier alpha value is -2.03. The number of aryl methyl sites for hydroxylation is 1. The van der Waals surface area contributed by atoms with E-state index in [4.69, 9.17) is 0 Å². The van der Waals surface area contributed by atoms with Crippen molar-refractivity contribution in [2.24, 2.45) is 0 Å². The molecule has 2 aromatic heterocycles. The predicted molar refractivity (Wildman–Crippen MR) is 72.1 cm³/mol. The third-order valence-corrected chi connectivity index (χ3v) is 2.63. The first-order valence-electron chi connectivity index (χ1n) is 5.76. The normalized spacial score (nSPS) is 10.2. The van der Waals surface area contributed by atoms with Crippen LogP contribution in [-0.4, -0.2) is 16.5 Å². The molecule has 2 aromatic rings. The molecular formula is C14H17N3. The van der Waals surface area contributed by atoms with Gasteiger partial charge < -0.3 is 10.3 Å². The van der Waals surface area contributed by atoms with Gasteiger partial charge in [0.2, 0.25) is 0 Å². The van der Waals surface area contributed by atoms with Crippen molar-refractivity contribution in [3.63, 3.8) is 0 Å². The van der Waals surface area contributed by atoms with Crippen molar-refractivity contribution in [2.45, 2.75) is 13.8 Å². The van der Waals surface area contributed by atoms with Crippen LogP contribution < -0.4 is 5.32 Å². The molecular weight excluding hydrogens is 210 g/mol. The van der Waals surface area contributed by atoms with Crippen LogP contribution in [0.1, 0.15) is 23.7 Å². The van der Waals surface area contributed by atoms with Gasteiger partial charge in [-0.15, -0.1) is 0 Å². The van der Waals surface area contributed by atoms with E-state index in [1.165, 1.54) is 5.56 Å². The molecule has 0 saturated carbocycles. The number of hydrogen-bond donors (Lipinski definition) is 2. The van der Waals surface area contributed by atoms with Gasteiger partial charge in [0, 0.05) is 35.8 Å². The number of nitrogens with one attached hydrogen (secondary N) is 2. The second-order valence-corrected chi connectivity index (χ2v) is 4.00. The highest BCUT2D eigenvalue weighted by Gasteiger charge is 2.09. The van der Waals surface area contributed by atoms with Crippen LogP contribution in [0.4, 0.5) is 5.82 Å². The van der Waals surface area contributed by atoms with E-state index in [1.807, 2.05) is 18.3 Å². The molecule has 0 atom stereocenters. The van der Waals surface area contributed by atoms with Crippen molar-refractivity contribution in [1.29, 1.82) is 0 Å². The van der Waals surface area contributed by atoms with Crippen LogP contribution in [0.2, 0.25) is 0 Å². The molecule has 0 aliphatic carbocycles. The number of pyridine rings is 1. The van der Waals surface area contributed by atoms with Crippen molar-refractivity contribution in [2.75, 3.05) is 11.9 Å². The van der Waals surface area contributed by atoms with Gasteiger partial charge in [-0.1, -0.05) is 6.58 Å². The van der Waals surface area contributed by atoms with Crippen LogP contribution in [0.25, 0.3) is 5.57 Å². The summed E-state index contributed by atoms with van der Waals surface area (Å²) >= 11 is 0. The van der Waals surface area contributed by atoms with Gasteiger partial charge in [-0.3, -0.25) is 0 Å². The summed E-state index contributed by atoms with van der Waals surface area (Å²) < 4.78 is 0. The zero-order chi connectivity index (χ0) is 12.3. The Bertz CT molecular complexity index is 526. The summed E-state index contributed by atoms with van der Waals surface area (Å²) in [7, 11) is 0. The number of nitrogens with zero attached hydrogens (tertiary/aromatic N) is 1. The molecule has 0 saturated heterocycles. The minimum atomic E-state index is 0.848. The average molecular weight is 227 g/mol. The fourth-order valence-electron chi connectivity index (χ4n) is 1.78. The SMILES string of the molecule is C=C(c1cc(C)c[nH]1)c1cccnc1NCC. The van der Waals surface area contributed by atoms with Gasteiger partial charge in [-0.2, -0.15) is 0 Å². The van der Waals surface area contributed by atoms with E-state index in [9.17, 15) is 0 Å². The Kier molecular flexibility index (Phi) is 3.28. The second-order valence-electron chi connectivity index (χ2n) is 4.00. The van der Waals surface area contributed by atoms with Gasteiger partial charge in [-0.25, -0.2) is 4.98 Å². The molecule has 2 rings (SSSR count). The predicted octanol–water partition coefficient (Wildman–Crippen LogP) is 3.21. The Labute approximate surface area is 102 Å². The van der Waals surface area contributed by atoms with Gasteiger partial charge in [0.1, 0.15) is 5.82 Å². The van der Waals surface area contributed by atoms with Crippen LogP contribution in [0.15, 0.2) is 37.2 Å². The quantitative estimate of drug-likeness (QED) is 0.842. The van der Waals surface area contributed by atoms with Gasteiger partial charge in [0.15, 0.2) is 0 Å². The van der Waals surface area contributed by atoms with Crippen LogP contribution in [0, 0.1) is 6.92 Å². The van der Waals surface area contributed by atoms with Gasteiger partial charge in [-0.05, 0) is 37.6 Å². The van der Waals surface area contributed by atoms with E-state index in [-0.39, 0.29) is 0 Å². The van der Waals surface area contributed by atoms with E-state index in [0.29, 0.717) is 0 Å². The van der Waals surface area contributed by atoms with Crippen LogP contribution in [0.3, 0.4) is 0 Å². The average Bonchev–Trinajstić information content (AvgIpc) is 2.76. The summed E-state index contributed by atoms with van der Waals surface area (Å²) in [5, 5.41) is 3.25. The van der Waals surface area contributed by atoms with Gasteiger partial charge in [0.05, 0.1) is 0 Å². The van der Waals surface area contributed by atoms with Crippen molar-refractivity contribution < 1.29 is 0 Å². The fourth-order valence-corrected chi connectivity index (χ4v) is 1.78. The lowest BCUT2D eigenvalue weighted by Crippen LogP contribution is -2.03. The van der Waals surface area contributed by atoms with Crippen molar-refractivity contribution in [1.82, 2.24) is 9.97 Å². The molecule has 0 aliphatic heterocycles. The summed E-state index contributed by atoms with van der Waals surface area (Å²) in [6, 6.07) is 6.05. The Morgan fingerprint density at radius 3 is 3.00 bits per heavy atom. The standard InChI is InChI=1S/C14H17N3/c1-4-15-14-12(6-5-7-16-14)11(3)13-8-10(2)9-17-13/h5-9,17H,3-4H2,1-2H3,(H,15,16). The molecule has 0 spiro atoms. The molecule has 3 nitrogen and oxygen atoms in total. The van der Waals surface area contributed by atoms with E-state index in [1.54, 1.807) is 6.20 Å². The summed E-state index contributed by atoms with van der Waals surface area (Å²) in [6.45, 7) is 9.10. The second kappa shape index (κ2) is 4.87. The number of aromatic nitrogens is 2. The largest absolute Gasteiger partial charge is 0.370 e. The topological polar surface area (TPSA) is 40.7 Å². The Morgan fingerprint density at radius 1 is 1.53 bits per heavy atom. The number of H-pyrrole nitrogens is 1. The summed E-state index contributed by atoms with van der Waals surface area (Å²) in [6.07, 6.45) is 3.76. The fraction of sp³-hybridized carbons (Fsp3) is 0.214. The third-order valence-electron chi connectivity index (χ3n) is 2.63. The third kappa shape index (κ3) is 2.38. The molecule has 2 N–H and O–H groups in total. The summed E-state index contributed by atoms with van der Waals surface area (Å²) in [5.74, 6) is 0.882. The molecule has 3 heteroatoms. The van der Waals surface area contributed by atoms with Crippen molar-refractivity contribution >= 4 is 11.4 Å². The van der Waals surface area contributed by atoms with E-state index < -0.39 is 0 Å². The number of hydrogen-bond acceptors (Lipinski definition) is 2. The molecule has 17 heavy (non-hydrogen) atoms. The minimum absolute atomic E-state index is 0.848. The molecule has 0 bridgehead atoms. The van der Waals surface area contributed by atoms with Crippen LogP contribution in [-0.2, 0) is 0 Å². The Morgan fingerprint density at radius 2 is 2.35 bits per heavy atom. The number of rotatable bonds is 4. The molecule has 0 aromatic carbocycles. The maximum atomic E-state index is 4.34. The molecule has 0 unspecified atom stereocenters. The highest BCUT2D eigenvalue weighted by Crippen LogP contribution is 2.25.